The monoisotopic (exact) mass is 349 g/mol. The third-order valence-corrected chi connectivity index (χ3v) is 3.96. The molecule has 1 N–H and O–H groups in total. The standard InChI is InChI=1S/C20H19N3O3/c1-20(2,3)15-6-7-17-16(9-15)18(24)14(12-26-17)11-22-23-19(25)13-5-4-8-21-10-13/h4-12H,1-3H3,(H,23,25)/b22-11+. The maximum atomic E-state index is 12.7. The van der Waals surface area contributed by atoms with Gasteiger partial charge < -0.3 is 4.42 Å². The molecule has 6 heteroatoms. The SMILES string of the molecule is CC(C)(C)c1ccc2occ(/C=N/NC(=O)c3cccnc3)c(=O)c2c1. The molecule has 2 aromatic heterocycles. The van der Waals surface area contributed by atoms with Gasteiger partial charge in [-0.15, -0.1) is 0 Å². The molecular formula is C20H19N3O3. The lowest BCUT2D eigenvalue weighted by molar-refractivity contribution is 0.0954. The summed E-state index contributed by atoms with van der Waals surface area (Å²) in [6, 6.07) is 8.86. The van der Waals surface area contributed by atoms with Crippen LogP contribution in [0.2, 0.25) is 0 Å². The second-order valence-electron chi connectivity index (χ2n) is 6.92. The predicted molar refractivity (Wildman–Crippen MR) is 100 cm³/mol. The Bertz CT molecular complexity index is 1030. The smallest absolute Gasteiger partial charge is 0.272 e. The molecule has 3 aromatic rings. The van der Waals surface area contributed by atoms with Gasteiger partial charge in [-0.25, -0.2) is 5.43 Å². The average Bonchev–Trinajstić information content (AvgIpc) is 2.63. The topological polar surface area (TPSA) is 84.6 Å². The number of hydrogen-bond acceptors (Lipinski definition) is 5. The van der Waals surface area contributed by atoms with Gasteiger partial charge in [0.15, 0.2) is 0 Å². The zero-order valence-corrected chi connectivity index (χ0v) is 14.8. The van der Waals surface area contributed by atoms with Gasteiger partial charge in [-0.2, -0.15) is 5.10 Å². The van der Waals surface area contributed by atoms with Crippen LogP contribution in [0.3, 0.4) is 0 Å². The van der Waals surface area contributed by atoms with Crippen LogP contribution < -0.4 is 10.9 Å². The van der Waals surface area contributed by atoms with Crippen molar-refractivity contribution < 1.29 is 9.21 Å². The highest BCUT2D eigenvalue weighted by atomic mass is 16.3. The largest absolute Gasteiger partial charge is 0.463 e. The van der Waals surface area contributed by atoms with Crippen LogP contribution in [0.15, 0.2) is 63.3 Å². The van der Waals surface area contributed by atoms with Crippen LogP contribution >= 0.6 is 0 Å². The molecule has 0 spiro atoms. The van der Waals surface area contributed by atoms with Crippen molar-refractivity contribution >= 4 is 23.1 Å². The van der Waals surface area contributed by atoms with Gasteiger partial charge in [0.2, 0.25) is 5.43 Å². The van der Waals surface area contributed by atoms with Crippen LogP contribution in [0.25, 0.3) is 11.0 Å². The molecular weight excluding hydrogens is 330 g/mol. The zero-order valence-electron chi connectivity index (χ0n) is 14.8. The number of carbonyl (C=O) groups excluding carboxylic acids is 1. The average molecular weight is 349 g/mol. The number of rotatable bonds is 3. The van der Waals surface area contributed by atoms with E-state index in [1.54, 1.807) is 24.4 Å². The van der Waals surface area contributed by atoms with Crippen molar-refractivity contribution in [2.75, 3.05) is 0 Å². The number of fused-ring (bicyclic) bond motifs is 1. The first-order valence-electron chi connectivity index (χ1n) is 8.16. The van der Waals surface area contributed by atoms with Crippen molar-refractivity contribution in [3.05, 3.63) is 75.9 Å². The van der Waals surface area contributed by atoms with Crippen molar-refractivity contribution in [3.8, 4) is 0 Å². The summed E-state index contributed by atoms with van der Waals surface area (Å²) in [7, 11) is 0. The molecule has 1 aromatic carbocycles. The van der Waals surface area contributed by atoms with E-state index in [-0.39, 0.29) is 16.4 Å². The first-order chi connectivity index (χ1) is 12.4. The number of benzene rings is 1. The van der Waals surface area contributed by atoms with Crippen LogP contribution in [0, 0.1) is 0 Å². The summed E-state index contributed by atoms with van der Waals surface area (Å²) in [5.41, 5.74) is 4.28. The van der Waals surface area contributed by atoms with E-state index in [2.05, 4.69) is 36.3 Å². The zero-order chi connectivity index (χ0) is 18.7. The fraction of sp³-hybridized carbons (Fsp3) is 0.200. The number of carbonyl (C=O) groups is 1. The molecule has 0 aliphatic carbocycles. The number of nitrogens with one attached hydrogen (secondary N) is 1. The number of amides is 1. The molecule has 6 nitrogen and oxygen atoms in total. The third-order valence-electron chi connectivity index (χ3n) is 3.96. The van der Waals surface area contributed by atoms with E-state index in [1.165, 1.54) is 18.7 Å². The lowest BCUT2D eigenvalue weighted by Crippen LogP contribution is -2.19. The molecule has 26 heavy (non-hydrogen) atoms. The van der Waals surface area contributed by atoms with Crippen LogP contribution in [-0.2, 0) is 5.41 Å². The number of aromatic nitrogens is 1. The molecule has 0 fully saturated rings. The van der Waals surface area contributed by atoms with Crippen molar-refractivity contribution in [1.82, 2.24) is 10.4 Å². The molecule has 3 rings (SSSR count). The number of pyridine rings is 1. The van der Waals surface area contributed by atoms with Gasteiger partial charge in [0, 0.05) is 12.4 Å². The Morgan fingerprint density at radius 1 is 1.27 bits per heavy atom. The Kier molecular flexibility index (Phi) is 4.67. The minimum atomic E-state index is -0.408. The van der Waals surface area contributed by atoms with E-state index in [1.807, 2.05) is 12.1 Å². The van der Waals surface area contributed by atoms with Gasteiger partial charge in [-0.1, -0.05) is 26.8 Å². The highest BCUT2D eigenvalue weighted by Crippen LogP contribution is 2.24. The first kappa shape index (κ1) is 17.5. The van der Waals surface area contributed by atoms with Crippen molar-refractivity contribution in [1.29, 1.82) is 0 Å². The van der Waals surface area contributed by atoms with Crippen LogP contribution in [0.4, 0.5) is 0 Å². The molecule has 0 bridgehead atoms. The summed E-state index contributed by atoms with van der Waals surface area (Å²) >= 11 is 0. The summed E-state index contributed by atoms with van der Waals surface area (Å²) in [5.74, 6) is -0.408. The van der Waals surface area contributed by atoms with E-state index < -0.39 is 5.91 Å². The predicted octanol–water partition coefficient (Wildman–Crippen LogP) is 3.25. The second-order valence-corrected chi connectivity index (χ2v) is 6.92. The Morgan fingerprint density at radius 3 is 2.77 bits per heavy atom. The molecule has 0 radical (unpaired) electrons. The number of nitrogens with zero attached hydrogens (tertiary/aromatic N) is 2. The summed E-state index contributed by atoms with van der Waals surface area (Å²) in [6.07, 6.45) is 5.62. The minimum absolute atomic E-state index is 0.0809. The number of hydrazone groups is 1. The van der Waals surface area contributed by atoms with E-state index in [9.17, 15) is 9.59 Å². The summed E-state index contributed by atoms with van der Waals surface area (Å²) in [6.45, 7) is 6.24. The first-order valence-corrected chi connectivity index (χ1v) is 8.16. The van der Waals surface area contributed by atoms with Gasteiger partial charge in [-0.3, -0.25) is 14.6 Å². The van der Waals surface area contributed by atoms with Gasteiger partial charge in [0.25, 0.3) is 5.91 Å². The quantitative estimate of drug-likeness (QED) is 0.581. The molecule has 0 saturated heterocycles. The molecule has 132 valence electrons. The fourth-order valence-corrected chi connectivity index (χ4v) is 2.42. The second kappa shape index (κ2) is 6.92. The lowest BCUT2D eigenvalue weighted by Gasteiger charge is -2.19. The summed E-state index contributed by atoms with van der Waals surface area (Å²) in [5, 5.41) is 4.33. The summed E-state index contributed by atoms with van der Waals surface area (Å²) in [4.78, 5) is 28.5. The Hall–Kier alpha value is -3.28. The Labute approximate surface area is 150 Å². The number of hydrogen-bond donors (Lipinski definition) is 1. The minimum Gasteiger partial charge on any atom is -0.463 e. The Morgan fingerprint density at radius 2 is 2.08 bits per heavy atom. The van der Waals surface area contributed by atoms with E-state index in [4.69, 9.17) is 4.42 Å². The van der Waals surface area contributed by atoms with E-state index in [0.29, 0.717) is 16.5 Å². The maximum Gasteiger partial charge on any atom is 0.272 e. The molecule has 0 aliphatic rings. The highest BCUT2D eigenvalue weighted by molar-refractivity contribution is 5.94. The van der Waals surface area contributed by atoms with E-state index in [0.717, 1.165) is 5.56 Å². The van der Waals surface area contributed by atoms with Crippen LogP contribution in [0.1, 0.15) is 42.3 Å². The maximum absolute atomic E-state index is 12.7. The van der Waals surface area contributed by atoms with Crippen molar-refractivity contribution in [2.45, 2.75) is 26.2 Å². The van der Waals surface area contributed by atoms with Gasteiger partial charge >= 0.3 is 0 Å². The highest BCUT2D eigenvalue weighted by Gasteiger charge is 2.15. The molecule has 0 unspecified atom stereocenters. The van der Waals surface area contributed by atoms with Crippen molar-refractivity contribution in [2.24, 2.45) is 5.10 Å². The van der Waals surface area contributed by atoms with Crippen LogP contribution in [-0.4, -0.2) is 17.1 Å². The summed E-state index contributed by atoms with van der Waals surface area (Å²) < 4.78 is 5.52. The normalized spacial score (nSPS) is 11.8. The lowest BCUT2D eigenvalue weighted by atomic mass is 9.86. The molecule has 0 saturated carbocycles. The molecule has 0 aliphatic heterocycles. The Balaban J connectivity index is 1.87. The van der Waals surface area contributed by atoms with Crippen molar-refractivity contribution in [3.63, 3.8) is 0 Å². The molecule has 1 amide bonds. The third kappa shape index (κ3) is 3.69. The molecule has 2 heterocycles. The fourth-order valence-electron chi connectivity index (χ4n) is 2.42. The van der Waals surface area contributed by atoms with E-state index >= 15 is 0 Å². The van der Waals surface area contributed by atoms with Gasteiger partial charge in [0.05, 0.1) is 22.7 Å². The van der Waals surface area contributed by atoms with Crippen LogP contribution in [0.5, 0.6) is 0 Å². The van der Waals surface area contributed by atoms with Gasteiger partial charge in [0.1, 0.15) is 11.8 Å². The molecule has 0 atom stereocenters. The van der Waals surface area contributed by atoms with Gasteiger partial charge in [-0.05, 0) is 35.2 Å².